The molecule has 0 bridgehead atoms. The summed E-state index contributed by atoms with van der Waals surface area (Å²) in [5.74, 6) is 2.37. The standard InChI is InChI=1S/C20H22N4O3/c1-12(2)18(19-22-14-5-3-4-6-15(14)23-19)24-20(25)21-10-13-7-8-16-17(9-13)27-11-26-16/h3-9,12,18H,10-11H2,1-2H3,(H,22,23)(H2,21,24,25)/t18-/m1/s1. The Morgan fingerprint density at radius 2 is 2.00 bits per heavy atom. The molecule has 1 atom stereocenters. The number of carbonyl (C=O) groups excluding carboxylic acids is 1. The number of hydrogen-bond acceptors (Lipinski definition) is 4. The van der Waals surface area contributed by atoms with Crippen LogP contribution >= 0.6 is 0 Å². The number of carbonyl (C=O) groups is 1. The van der Waals surface area contributed by atoms with Gasteiger partial charge in [-0.2, -0.15) is 0 Å². The lowest BCUT2D eigenvalue weighted by Gasteiger charge is -2.20. The van der Waals surface area contributed by atoms with Gasteiger partial charge in [-0.3, -0.25) is 0 Å². The Morgan fingerprint density at radius 3 is 2.81 bits per heavy atom. The van der Waals surface area contributed by atoms with Crippen molar-refractivity contribution in [2.45, 2.75) is 26.4 Å². The summed E-state index contributed by atoms with van der Waals surface area (Å²) in [6, 6.07) is 13.0. The van der Waals surface area contributed by atoms with Crippen molar-refractivity contribution in [2.75, 3.05) is 6.79 Å². The number of aromatic amines is 1. The summed E-state index contributed by atoms with van der Waals surface area (Å²) < 4.78 is 10.7. The molecule has 0 radical (unpaired) electrons. The largest absolute Gasteiger partial charge is 0.454 e. The van der Waals surface area contributed by atoms with Crippen molar-refractivity contribution in [1.29, 1.82) is 0 Å². The van der Waals surface area contributed by atoms with Crippen LogP contribution in [0.5, 0.6) is 11.5 Å². The second-order valence-corrected chi connectivity index (χ2v) is 6.88. The average Bonchev–Trinajstić information content (AvgIpc) is 3.29. The van der Waals surface area contributed by atoms with E-state index in [1.807, 2.05) is 42.5 Å². The third-order valence-corrected chi connectivity index (χ3v) is 4.55. The van der Waals surface area contributed by atoms with Gasteiger partial charge in [-0.05, 0) is 35.7 Å². The van der Waals surface area contributed by atoms with Crippen LogP contribution in [0.4, 0.5) is 4.79 Å². The van der Waals surface area contributed by atoms with Crippen molar-refractivity contribution in [3.8, 4) is 11.5 Å². The Bertz CT molecular complexity index is 934. The molecular formula is C20H22N4O3. The van der Waals surface area contributed by atoms with Crippen LogP contribution in [0.3, 0.4) is 0 Å². The molecular weight excluding hydrogens is 344 g/mol. The first-order chi connectivity index (χ1) is 13.1. The molecule has 0 fully saturated rings. The molecule has 3 N–H and O–H groups in total. The van der Waals surface area contributed by atoms with E-state index in [9.17, 15) is 4.79 Å². The Hall–Kier alpha value is -3.22. The third-order valence-electron chi connectivity index (χ3n) is 4.55. The summed E-state index contributed by atoms with van der Waals surface area (Å²) in [5, 5.41) is 5.91. The fraction of sp³-hybridized carbons (Fsp3) is 0.300. The summed E-state index contributed by atoms with van der Waals surface area (Å²) in [5.41, 5.74) is 2.79. The molecule has 0 saturated carbocycles. The molecule has 2 amide bonds. The Labute approximate surface area is 157 Å². The SMILES string of the molecule is CC(C)[C@@H](NC(=O)NCc1ccc2c(c1)OCO2)c1nc2ccccc2[nH]1. The number of amides is 2. The molecule has 3 aromatic rings. The van der Waals surface area contributed by atoms with Gasteiger partial charge in [-0.15, -0.1) is 0 Å². The number of H-pyrrole nitrogens is 1. The van der Waals surface area contributed by atoms with Gasteiger partial charge in [-0.1, -0.05) is 32.0 Å². The zero-order valence-corrected chi connectivity index (χ0v) is 15.3. The van der Waals surface area contributed by atoms with Crippen molar-refractivity contribution >= 4 is 17.1 Å². The lowest BCUT2D eigenvalue weighted by atomic mass is 10.0. The third kappa shape index (κ3) is 3.67. The van der Waals surface area contributed by atoms with Gasteiger partial charge in [0.1, 0.15) is 5.82 Å². The maximum atomic E-state index is 12.4. The Kier molecular flexibility index (Phi) is 4.58. The second kappa shape index (κ2) is 7.19. The van der Waals surface area contributed by atoms with E-state index >= 15 is 0 Å². The summed E-state index contributed by atoms with van der Waals surface area (Å²) in [6.45, 7) is 4.74. The van der Waals surface area contributed by atoms with E-state index in [1.165, 1.54) is 0 Å². The molecule has 2 heterocycles. The van der Waals surface area contributed by atoms with E-state index < -0.39 is 0 Å². The van der Waals surface area contributed by atoms with Gasteiger partial charge in [-0.25, -0.2) is 9.78 Å². The van der Waals surface area contributed by atoms with Crippen molar-refractivity contribution < 1.29 is 14.3 Å². The van der Waals surface area contributed by atoms with Crippen LogP contribution in [0.25, 0.3) is 11.0 Å². The molecule has 1 aromatic heterocycles. The van der Waals surface area contributed by atoms with Gasteiger partial charge in [0.15, 0.2) is 11.5 Å². The van der Waals surface area contributed by atoms with E-state index in [4.69, 9.17) is 9.47 Å². The van der Waals surface area contributed by atoms with E-state index in [0.29, 0.717) is 12.3 Å². The first kappa shape index (κ1) is 17.2. The number of nitrogens with zero attached hydrogens (tertiary/aromatic N) is 1. The molecule has 7 heteroatoms. The highest BCUT2D eigenvalue weighted by Crippen LogP contribution is 2.32. The van der Waals surface area contributed by atoms with Crippen LogP contribution in [0, 0.1) is 5.92 Å². The molecule has 0 unspecified atom stereocenters. The number of fused-ring (bicyclic) bond motifs is 2. The minimum absolute atomic E-state index is 0.182. The number of benzene rings is 2. The first-order valence-electron chi connectivity index (χ1n) is 8.97. The van der Waals surface area contributed by atoms with E-state index in [1.54, 1.807) is 0 Å². The van der Waals surface area contributed by atoms with E-state index in [2.05, 4.69) is 34.4 Å². The molecule has 1 aliphatic heterocycles. The number of ether oxygens (including phenoxy) is 2. The van der Waals surface area contributed by atoms with Crippen LogP contribution in [0.15, 0.2) is 42.5 Å². The zero-order valence-electron chi connectivity index (χ0n) is 15.3. The number of nitrogens with one attached hydrogen (secondary N) is 3. The molecule has 7 nitrogen and oxygen atoms in total. The lowest BCUT2D eigenvalue weighted by molar-refractivity contribution is 0.174. The quantitative estimate of drug-likeness (QED) is 0.645. The molecule has 27 heavy (non-hydrogen) atoms. The van der Waals surface area contributed by atoms with E-state index in [-0.39, 0.29) is 24.8 Å². The Balaban J connectivity index is 1.41. The number of urea groups is 1. The molecule has 4 rings (SSSR count). The highest BCUT2D eigenvalue weighted by atomic mass is 16.7. The van der Waals surface area contributed by atoms with E-state index in [0.717, 1.165) is 28.2 Å². The highest BCUT2D eigenvalue weighted by Gasteiger charge is 2.22. The van der Waals surface area contributed by atoms with Crippen molar-refractivity contribution in [1.82, 2.24) is 20.6 Å². The summed E-state index contributed by atoms with van der Waals surface area (Å²) in [4.78, 5) is 20.4. The van der Waals surface area contributed by atoms with Gasteiger partial charge in [0, 0.05) is 6.54 Å². The molecule has 0 aliphatic carbocycles. The Morgan fingerprint density at radius 1 is 1.19 bits per heavy atom. The first-order valence-corrected chi connectivity index (χ1v) is 8.97. The van der Waals surface area contributed by atoms with Gasteiger partial charge in [0.2, 0.25) is 6.79 Å². The molecule has 1 aliphatic rings. The molecule has 140 valence electrons. The number of para-hydroxylation sites is 2. The lowest BCUT2D eigenvalue weighted by Crippen LogP contribution is -2.39. The molecule has 0 spiro atoms. The minimum atomic E-state index is -0.244. The topological polar surface area (TPSA) is 88.3 Å². The number of imidazole rings is 1. The van der Waals surface area contributed by atoms with Gasteiger partial charge in [0.25, 0.3) is 0 Å². The molecule has 2 aromatic carbocycles. The van der Waals surface area contributed by atoms with Gasteiger partial charge < -0.3 is 25.1 Å². The smallest absolute Gasteiger partial charge is 0.315 e. The average molecular weight is 366 g/mol. The number of aromatic nitrogens is 2. The number of rotatable bonds is 5. The maximum absolute atomic E-state index is 12.4. The van der Waals surface area contributed by atoms with Crippen LogP contribution < -0.4 is 20.1 Å². The van der Waals surface area contributed by atoms with Gasteiger partial charge >= 0.3 is 6.03 Å². The summed E-state index contributed by atoms with van der Waals surface area (Å²) in [7, 11) is 0. The van der Waals surface area contributed by atoms with Crippen LogP contribution in [-0.4, -0.2) is 22.8 Å². The predicted octanol–water partition coefficient (Wildman–Crippen LogP) is 3.49. The van der Waals surface area contributed by atoms with Crippen LogP contribution in [-0.2, 0) is 6.54 Å². The van der Waals surface area contributed by atoms with Crippen molar-refractivity contribution in [2.24, 2.45) is 5.92 Å². The zero-order chi connectivity index (χ0) is 18.8. The summed E-state index contributed by atoms with van der Waals surface area (Å²) >= 11 is 0. The number of hydrogen-bond donors (Lipinski definition) is 3. The highest BCUT2D eigenvalue weighted by molar-refractivity contribution is 5.76. The monoisotopic (exact) mass is 366 g/mol. The fourth-order valence-electron chi connectivity index (χ4n) is 3.10. The van der Waals surface area contributed by atoms with Gasteiger partial charge in [0.05, 0.1) is 17.1 Å². The normalized spacial score (nSPS) is 13.7. The van der Waals surface area contributed by atoms with Crippen LogP contribution in [0.1, 0.15) is 31.3 Å². The van der Waals surface area contributed by atoms with Crippen molar-refractivity contribution in [3.05, 3.63) is 53.9 Å². The summed E-state index contributed by atoms with van der Waals surface area (Å²) in [6.07, 6.45) is 0. The predicted molar refractivity (Wildman–Crippen MR) is 102 cm³/mol. The van der Waals surface area contributed by atoms with Crippen LogP contribution in [0.2, 0.25) is 0 Å². The minimum Gasteiger partial charge on any atom is -0.454 e. The van der Waals surface area contributed by atoms with Crippen molar-refractivity contribution in [3.63, 3.8) is 0 Å². The molecule has 0 saturated heterocycles. The maximum Gasteiger partial charge on any atom is 0.315 e. The fourth-order valence-corrected chi connectivity index (χ4v) is 3.10. The second-order valence-electron chi connectivity index (χ2n) is 6.88.